The van der Waals surface area contributed by atoms with Gasteiger partial charge in [0.25, 0.3) is 0 Å². The van der Waals surface area contributed by atoms with Crippen molar-refractivity contribution in [2.75, 3.05) is 6.61 Å². The lowest BCUT2D eigenvalue weighted by molar-refractivity contribution is 0.0691. The van der Waals surface area contributed by atoms with E-state index in [9.17, 15) is 9.90 Å². The molecule has 0 spiro atoms. The van der Waals surface area contributed by atoms with Gasteiger partial charge in [-0.2, -0.15) is 0 Å². The van der Waals surface area contributed by atoms with Crippen LogP contribution in [-0.2, 0) is 0 Å². The molecule has 3 aromatic rings. The number of nitrogens with zero attached hydrogens (tertiary/aromatic N) is 3. The number of hydrogen-bond acceptors (Lipinski definition) is 4. The van der Waals surface area contributed by atoms with E-state index in [1.165, 1.54) is 4.68 Å². The minimum absolute atomic E-state index is 0.0746. The molecule has 1 aromatic heterocycles. The molecule has 0 aliphatic carbocycles. The Kier molecular flexibility index (Phi) is 4.29. The number of carboxylic acids is 1. The van der Waals surface area contributed by atoms with Crippen LogP contribution in [0.4, 0.5) is 0 Å². The summed E-state index contributed by atoms with van der Waals surface area (Å²) >= 11 is 0. The summed E-state index contributed by atoms with van der Waals surface area (Å²) in [6, 6.07) is 14.9. The first-order valence-electron chi connectivity index (χ1n) is 7.59. The molecule has 0 saturated carbocycles. The highest BCUT2D eigenvalue weighted by atomic mass is 16.5. The van der Waals surface area contributed by atoms with Crippen molar-refractivity contribution in [3.05, 3.63) is 59.8 Å². The van der Waals surface area contributed by atoms with E-state index < -0.39 is 5.97 Å². The van der Waals surface area contributed by atoms with Crippen molar-refractivity contribution in [3.8, 4) is 22.7 Å². The topological polar surface area (TPSA) is 77.2 Å². The molecule has 3 rings (SSSR count). The molecule has 0 aliphatic heterocycles. The average molecular weight is 323 g/mol. The molecule has 0 saturated heterocycles. The Bertz CT molecular complexity index is 869. The first kappa shape index (κ1) is 15.7. The largest absolute Gasteiger partial charge is 0.494 e. The summed E-state index contributed by atoms with van der Waals surface area (Å²) in [5, 5.41) is 17.3. The lowest BCUT2D eigenvalue weighted by atomic mass is 10.1. The van der Waals surface area contributed by atoms with Crippen LogP contribution in [0, 0.1) is 6.92 Å². The molecule has 2 aromatic carbocycles. The lowest BCUT2D eigenvalue weighted by Gasteiger charge is -2.09. The number of rotatable bonds is 5. The highest BCUT2D eigenvalue weighted by Crippen LogP contribution is 2.27. The van der Waals surface area contributed by atoms with E-state index in [0.29, 0.717) is 12.3 Å². The number of benzene rings is 2. The van der Waals surface area contributed by atoms with Gasteiger partial charge in [0.05, 0.1) is 12.3 Å². The van der Waals surface area contributed by atoms with E-state index in [4.69, 9.17) is 4.74 Å². The van der Waals surface area contributed by atoms with Crippen LogP contribution in [0.15, 0.2) is 48.5 Å². The first-order valence-corrected chi connectivity index (χ1v) is 7.59. The summed E-state index contributed by atoms with van der Waals surface area (Å²) in [7, 11) is 0. The Hall–Kier alpha value is -3.15. The van der Waals surface area contributed by atoms with Gasteiger partial charge in [-0.15, -0.1) is 5.10 Å². The van der Waals surface area contributed by atoms with Crippen LogP contribution >= 0.6 is 0 Å². The third-order valence-corrected chi connectivity index (χ3v) is 3.56. The number of aromatic carboxylic acids is 1. The number of hydrogen-bond donors (Lipinski definition) is 1. The van der Waals surface area contributed by atoms with E-state index >= 15 is 0 Å². The SMILES string of the molecule is CCOc1ccc(-n2nnc(C(=O)O)c2-c2cccc(C)c2)cc1. The van der Waals surface area contributed by atoms with Crippen molar-refractivity contribution < 1.29 is 14.6 Å². The van der Waals surface area contributed by atoms with Crippen molar-refractivity contribution >= 4 is 5.97 Å². The number of ether oxygens (including phenoxy) is 1. The molecule has 0 unspecified atom stereocenters. The van der Waals surface area contributed by atoms with Crippen molar-refractivity contribution in [2.24, 2.45) is 0 Å². The molecular formula is C18H17N3O3. The molecule has 0 fully saturated rings. The highest BCUT2D eigenvalue weighted by Gasteiger charge is 2.21. The number of carbonyl (C=O) groups is 1. The Balaban J connectivity index is 2.13. The second-order valence-electron chi connectivity index (χ2n) is 5.30. The van der Waals surface area contributed by atoms with Crippen LogP contribution in [0.25, 0.3) is 16.9 Å². The third kappa shape index (κ3) is 2.99. The molecule has 6 nitrogen and oxygen atoms in total. The Morgan fingerprint density at radius 3 is 2.58 bits per heavy atom. The van der Waals surface area contributed by atoms with Crippen LogP contribution < -0.4 is 4.74 Å². The molecule has 0 radical (unpaired) electrons. The van der Waals surface area contributed by atoms with Gasteiger partial charge in [-0.25, -0.2) is 9.48 Å². The molecule has 6 heteroatoms. The minimum atomic E-state index is -1.11. The van der Waals surface area contributed by atoms with E-state index in [1.54, 1.807) is 0 Å². The number of carboxylic acid groups (broad SMARTS) is 1. The smallest absolute Gasteiger partial charge is 0.358 e. The predicted molar refractivity (Wildman–Crippen MR) is 89.7 cm³/mol. The molecular weight excluding hydrogens is 306 g/mol. The molecule has 0 aliphatic rings. The summed E-state index contributed by atoms with van der Waals surface area (Å²) in [6.45, 7) is 4.45. The highest BCUT2D eigenvalue weighted by molar-refractivity contribution is 5.93. The van der Waals surface area contributed by atoms with Gasteiger partial charge in [0.15, 0.2) is 5.69 Å². The van der Waals surface area contributed by atoms with Gasteiger partial charge in [0, 0.05) is 5.56 Å². The summed E-state index contributed by atoms with van der Waals surface area (Å²) in [6.07, 6.45) is 0. The molecule has 24 heavy (non-hydrogen) atoms. The van der Waals surface area contributed by atoms with Crippen molar-refractivity contribution in [3.63, 3.8) is 0 Å². The van der Waals surface area contributed by atoms with Gasteiger partial charge in [-0.3, -0.25) is 0 Å². The molecule has 0 atom stereocenters. The van der Waals surface area contributed by atoms with E-state index in [2.05, 4.69) is 10.3 Å². The summed E-state index contributed by atoms with van der Waals surface area (Å²) < 4.78 is 6.97. The second kappa shape index (κ2) is 6.54. The summed E-state index contributed by atoms with van der Waals surface area (Å²) in [5.74, 6) is -0.361. The van der Waals surface area contributed by atoms with Gasteiger partial charge < -0.3 is 9.84 Å². The molecule has 0 bridgehead atoms. The number of aryl methyl sites for hydroxylation is 1. The standard InChI is InChI=1S/C18H17N3O3/c1-3-24-15-9-7-14(8-10-15)21-17(16(18(22)23)19-20-21)13-6-4-5-12(2)11-13/h4-11H,3H2,1-2H3,(H,22,23). The fourth-order valence-electron chi connectivity index (χ4n) is 2.51. The van der Waals surface area contributed by atoms with E-state index in [0.717, 1.165) is 22.6 Å². The maximum absolute atomic E-state index is 11.5. The minimum Gasteiger partial charge on any atom is -0.494 e. The maximum Gasteiger partial charge on any atom is 0.358 e. The van der Waals surface area contributed by atoms with Gasteiger partial charge >= 0.3 is 5.97 Å². The van der Waals surface area contributed by atoms with E-state index in [1.807, 2.05) is 62.4 Å². The average Bonchev–Trinajstić information content (AvgIpc) is 3.01. The van der Waals surface area contributed by atoms with E-state index in [-0.39, 0.29) is 5.69 Å². The van der Waals surface area contributed by atoms with Gasteiger partial charge in [-0.05, 0) is 44.2 Å². The maximum atomic E-state index is 11.5. The number of aromatic nitrogens is 3. The van der Waals surface area contributed by atoms with Crippen molar-refractivity contribution in [2.45, 2.75) is 13.8 Å². The monoisotopic (exact) mass is 323 g/mol. The quantitative estimate of drug-likeness (QED) is 0.779. The van der Waals surface area contributed by atoms with Crippen LogP contribution in [-0.4, -0.2) is 32.7 Å². The van der Waals surface area contributed by atoms with Crippen LogP contribution in [0.1, 0.15) is 23.0 Å². The van der Waals surface area contributed by atoms with Crippen LogP contribution in [0.5, 0.6) is 5.75 Å². The molecule has 1 N–H and O–H groups in total. The second-order valence-corrected chi connectivity index (χ2v) is 5.30. The zero-order chi connectivity index (χ0) is 17.1. The third-order valence-electron chi connectivity index (χ3n) is 3.56. The molecule has 122 valence electrons. The fourth-order valence-corrected chi connectivity index (χ4v) is 2.51. The Morgan fingerprint density at radius 1 is 1.21 bits per heavy atom. The van der Waals surface area contributed by atoms with Crippen molar-refractivity contribution in [1.82, 2.24) is 15.0 Å². The van der Waals surface area contributed by atoms with Gasteiger partial charge in [-0.1, -0.05) is 29.0 Å². The fraction of sp³-hybridized carbons (Fsp3) is 0.167. The normalized spacial score (nSPS) is 10.6. The molecule has 1 heterocycles. The lowest BCUT2D eigenvalue weighted by Crippen LogP contribution is -2.03. The summed E-state index contributed by atoms with van der Waals surface area (Å²) in [4.78, 5) is 11.5. The first-order chi connectivity index (χ1) is 11.6. The predicted octanol–water partition coefficient (Wildman–Crippen LogP) is 3.34. The van der Waals surface area contributed by atoms with Crippen molar-refractivity contribution in [1.29, 1.82) is 0 Å². The zero-order valence-corrected chi connectivity index (χ0v) is 13.4. The van der Waals surface area contributed by atoms with Crippen LogP contribution in [0.3, 0.4) is 0 Å². The van der Waals surface area contributed by atoms with Crippen LogP contribution in [0.2, 0.25) is 0 Å². The molecule has 0 amide bonds. The Labute approximate surface area is 139 Å². The summed E-state index contributed by atoms with van der Waals surface area (Å²) in [5.41, 5.74) is 2.88. The Morgan fingerprint density at radius 2 is 1.96 bits per heavy atom. The van der Waals surface area contributed by atoms with Gasteiger partial charge in [0.1, 0.15) is 11.4 Å². The zero-order valence-electron chi connectivity index (χ0n) is 13.4. The van der Waals surface area contributed by atoms with Gasteiger partial charge in [0.2, 0.25) is 0 Å².